The number of thioether (sulfide) groups is 1. The average Bonchev–Trinajstić information content (AvgIpc) is 2.72. The molecule has 0 fully saturated rings. The van der Waals surface area contributed by atoms with E-state index >= 15 is 0 Å². The van der Waals surface area contributed by atoms with Crippen molar-refractivity contribution in [2.24, 2.45) is 0 Å². The number of hydrogen-bond acceptors (Lipinski definition) is 3. The molecule has 2 nitrogen and oxygen atoms in total. The van der Waals surface area contributed by atoms with Gasteiger partial charge < -0.3 is 5.11 Å². The second-order valence-electron chi connectivity index (χ2n) is 5.83. The predicted octanol–water partition coefficient (Wildman–Crippen LogP) is 4.76. The zero-order valence-electron chi connectivity index (χ0n) is 12.7. The normalized spacial score (nSPS) is 21.5. The highest BCUT2D eigenvalue weighted by molar-refractivity contribution is 8.15. The Morgan fingerprint density at radius 1 is 1.00 bits per heavy atom. The number of carbonyl (C=O) groups is 1. The molecule has 1 aliphatic rings. The molecular formula is C19H18O2S. The standard InChI is InChI=1S/C19H18O2S/c1-13-17(20)19(2,22-18(13)21)12-14-8-10-16(11-9-14)15-6-4-3-5-7-15/h3-11,20H,12H2,1-2H3/t19-/m0/s1. The molecule has 22 heavy (non-hydrogen) atoms. The van der Waals surface area contributed by atoms with Crippen LogP contribution >= 0.6 is 11.8 Å². The van der Waals surface area contributed by atoms with E-state index in [4.69, 9.17) is 0 Å². The molecule has 0 aliphatic carbocycles. The molecule has 2 aromatic rings. The van der Waals surface area contributed by atoms with Gasteiger partial charge in [-0.15, -0.1) is 0 Å². The molecule has 0 radical (unpaired) electrons. The van der Waals surface area contributed by atoms with E-state index in [9.17, 15) is 9.90 Å². The lowest BCUT2D eigenvalue weighted by Gasteiger charge is -2.22. The summed E-state index contributed by atoms with van der Waals surface area (Å²) in [7, 11) is 0. The molecule has 0 saturated heterocycles. The molecule has 2 aromatic carbocycles. The van der Waals surface area contributed by atoms with Crippen LogP contribution in [0.2, 0.25) is 0 Å². The summed E-state index contributed by atoms with van der Waals surface area (Å²) in [6.07, 6.45) is 0.641. The van der Waals surface area contributed by atoms with E-state index in [-0.39, 0.29) is 10.9 Å². The fourth-order valence-corrected chi connectivity index (χ4v) is 3.93. The Kier molecular flexibility index (Phi) is 3.83. The minimum absolute atomic E-state index is 0.0269. The van der Waals surface area contributed by atoms with Gasteiger partial charge in [0.1, 0.15) is 5.76 Å². The number of aliphatic hydroxyl groups excluding tert-OH is 1. The van der Waals surface area contributed by atoms with Crippen molar-refractivity contribution in [1.82, 2.24) is 0 Å². The number of aliphatic hydroxyl groups is 1. The molecule has 0 aromatic heterocycles. The molecule has 0 saturated carbocycles. The molecule has 0 bridgehead atoms. The Morgan fingerprint density at radius 2 is 1.59 bits per heavy atom. The third kappa shape index (κ3) is 2.69. The average molecular weight is 310 g/mol. The summed E-state index contributed by atoms with van der Waals surface area (Å²) in [5, 5.41) is 10.2. The van der Waals surface area contributed by atoms with Crippen molar-refractivity contribution >= 4 is 16.9 Å². The molecule has 0 amide bonds. The molecule has 1 heterocycles. The first kappa shape index (κ1) is 14.9. The Labute approximate surface area is 134 Å². The minimum Gasteiger partial charge on any atom is -0.510 e. The van der Waals surface area contributed by atoms with E-state index in [1.54, 1.807) is 6.92 Å². The van der Waals surface area contributed by atoms with Gasteiger partial charge in [0.2, 0.25) is 5.12 Å². The van der Waals surface area contributed by atoms with Crippen molar-refractivity contribution in [2.75, 3.05) is 0 Å². The van der Waals surface area contributed by atoms with E-state index in [1.165, 1.54) is 22.9 Å². The highest BCUT2D eigenvalue weighted by Gasteiger charge is 2.41. The summed E-state index contributed by atoms with van der Waals surface area (Å²) >= 11 is 1.22. The first-order valence-corrected chi connectivity index (χ1v) is 8.09. The fourth-order valence-electron chi connectivity index (χ4n) is 2.78. The number of benzene rings is 2. The van der Waals surface area contributed by atoms with E-state index in [0.717, 1.165) is 5.56 Å². The van der Waals surface area contributed by atoms with Crippen LogP contribution in [-0.4, -0.2) is 15.0 Å². The van der Waals surface area contributed by atoms with Crippen LogP contribution in [0.1, 0.15) is 19.4 Å². The van der Waals surface area contributed by atoms with Gasteiger partial charge >= 0.3 is 0 Å². The van der Waals surface area contributed by atoms with Crippen LogP contribution in [0.25, 0.3) is 11.1 Å². The highest BCUT2D eigenvalue weighted by Crippen LogP contribution is 2.44. The van der Waals surface area contributed by atoms with Gasteiger partial charge in [-0.3, -0.25) is 4.79 Å². The molecule has 3 rings (SSSR count). The maximum absolute atomic E-state index is 11.8. The predicted molar refractivity (Wildman–Crippen MR) is 91.9 cm³/mol. The van der Waals surface area contributed by atoms with Crippen LogP contribution in [-0.2, 0) is 11.2 Å². The van der Waals surface area contributed by atoms with Crippen LogP contribution < -0.4 is 0 Å². The van der Waals surface area contributed by atoms with Gasteiger partial charge in [-0.1, -0.05) is 66.4 Å². The Balaban J connectivity index is 1.82. The van der Waals surface area contributed by atoms with E-state index < -0.39 is 4.75 Å². The molecular weight excluding hydrogens is 292 g/mol. The van der Waals surface area contributed by atoms with Crippen molar-refractivity contribution < 1.29 is 9.90 Å². The quantitative estimate of drug-likeness (QED) is 0.888. The summed E-state index contributed by atoms with van der Waals surface area (Å²) in [6, 6.07) is 18.5. The van der Waals surface area contributed by atoms with Gasteiger partial charge in [0.25, 0.3) is 0 Å². The van der Waals surface area contributed by atoms with Crippen LogP contribution in [0.4, 0.5) is 0 Å². The zero-order valence-corrected chi connectivity index (χ0v) is 13.5. The molecule has 3 heteroatoms. The zero-order chi connectivity index (χ0) is 15.7. The topological polar surface area (TPSA) is 37.3 Å². The van der Waals surface area contributed by atoms with Crippen LogP contribution in [0.5, 0.6) is 0 Å². The van der Waals surface area contributed by atoms with Crippen molar-refractivity contribution in [3.63, 3.8) is 0 Å². The summed E-state index contributed by atoms with van der Waals surface area (Å²) in [4.78, 5) is 11.8. The second-order valence-corrected chi connectivity index (χ2v) is 7.31. The minimum atomic E-state index is -0.546. The highest BCUT2D eigenvalue weighted by atomic mass is 32.2. The second kappa shape index (κ2) is 5.65. The van der Waals surface area contributed by atoms with Crippen LogP contribution in [0.15, 0.2) is 65.9 Å². The monoisotopic (exact) mass is 310 g/mol. The van der Waals surface area contributed by atoms with Crippen LogP contribution in [0.3, 0.4) is 0 Å². The fraction of sp³-hybridized carbons (Fsp3) is 0.211. The lowest BCUT2D eigenvalue weighted by molar-refractivity contribution is -0.107. The Bertz CT molecular complexity index is 732. The first-order valence-electron chi connectivity index (χ1n) is 7.28. The third-order valence-corrected chi connectivity index (χ3v) is 5.36. The molecule has 112 valence electrons. The first-order chi connectivity index (χ1) is 10.5. The van der Waals surface area contributed by atoms with E-state index in [1.807, 2.05) is 25.1 Å². The van der Waals surface area contributed by atoms with Gasteiger partial charge in [0.05, 0.1) is 4.75 Å². The molecule has 1 atom stereocenters. The summed E-state index contributed by atoms with van der Waals surface area (Å²) < 4.78 is -0.546. The van der Waals surface area contributed by atoms with Crippen molar-refractivity contribution in [3.8, 4) is 11.1 Å². The van der Waals surface area contributed by atoms with E-state index in [2.05, 4.69) is 36.4 Å². The molecule has 1 N–H and O–H groups in total. The number of rotatable bonds is 3. The maximum Gasteiger partial charge on any atom is 0.219 e. The number of carbonyl (C=O) groups excluding carboxylic acids is 1. The molecule has 0 unspecified atom stereocenters. The Morgan fingerprint density at radius 3 is 2.14 bits per heavy atom. The van der Waals surface area contributed by atoms with E-state index in [0.29, 0.717) is 12.0 Å². The maximum atomic E-state index is 11.8. The summed E-state index contributed by atoms with van der Waals surface area (Å²) in [5.41, 5.74) is 3.95. The lowest BCUT2D eigenvalue weighted by Crippen LogP contribution is -2.23. The number of hydrogen-bond donors (Lipinski definition) is 1. The summed E-state index contributed by atoms with van der Waals surface area (Å²) in [5.74, 6) is 0.217. The lowest BCUT2D eigenvalue weighted by atomic mass is 9.95. The largest absolute Gasteiger partial charge is 0.510 e. The summed E-state index contributed by atoms with van der Waals surface area (Å²) in [6.45, 7) is 3.61. The van der Waals surface area contributed by atoms with Crippen molar-refractivity contribution in [3.05, 3.63) is 71.5 Å². The van der Waals surface area contributed by atoms with Gasteiger partial charge in [0, 0.05) is 5.57 Å². The Hall–Kier alpha value is -2.00. The van der Waals surface area contributed by atoms with Gasteiger partial charge in [0.15, 0.2) is 0 Å². The van der Waals surface area contributed by atoms with Crippen LogP contribution in [0, 0.1) is 0 Å². The van der Waals surface area contributed by atoms with Crippen molar-refractivity contribution in [1.29, 1.82) is 0 Å². The smallest absolute Gasteiger partial charge is 0.219 e. The van der Waals surface area contributed by atoms with Gasteiger partial charge in [-0.25, -0.2) is 0 Å². The third-order valence-electron chi connectivity index (χ3n) is 4.08. The molecule has 0 spiro atoms. The SMILES string of the molecule is CC1=C(O)[C@](C)(Cc2ccc(-c3ccccc3)cc2)SC1=O. The van der Waals surface area contributed by atoms with Gasteiger partial charge in [-0.2, -0.15) is 0 Å². The molecule has 1 aliphatic heterocycles. The van der Waals surface area contributed by atoms with Crippen molar-refractivity contribution in [2.45, 2.75) is 25.0 Å². The van der Waals surface area contributed by atoms with Gasteiger partial charge in [-0.05, 0) is 37.0 Å².